The molecule has 0 aliphatic carbocycles. The summed E-state index contributed by atoms with van der Waals surface area (Å²) in [7, 11) is 1.63. The van der Waals surface area contributed by atoms with Crippen LogP contribution in [0, 0.1) is 16.7 Å². The number of nitrogens with zero attached hydrogens (tertiary/aromatic N) is 2. The lowest BCUT2D eigenvalue weighted by Crippen LogP contribution is -2.29. The topological polar surface area (TPSA) is 57.9 Å². The number of aromatic nitrogens is 1. The van der Waals surface area contributed by atoms with E-state index in [4.69, 9.17) is 10.00 Å². The molecular weight excluding hydrogens is 226 g/mol. The molecule has 1 aromatic rings. The van der Waals surface area contributed by atoms with Crippen LogP contribution >= 0.6 is 0 Å². The van der Waals surface area contributed by atoms with Crippen molar-refractivity contribution < 1.29 is 4.74 Å². The van der Waals surface area contributed by atoms with Crippen molar-refractivity contribution in [2.45, 2.75) is 33.2 Å². The van der Waals surface area contributed by atoms with Crippen LogP contribution in [-0.2, 0) is 6.54 Å². The zero-order chi connectivity index (χ0) is 13.4. The molecule has 0 aliphatic rings. The average molecular weight is 247 g/mol. The summed E-state index contributed by atoms with van der Waals surface area (Å²) in [5, 5.41) is 12.0. The van der Waals surface area contributed by atoms with Gasteiger partial charge in [-0.05, 0) is 17.9 Å². The number of hydrogen-bond acceptors (Lipinski definition) is 4. The van der Waals surface area contributed by atoms with Gasteiger partial charge >= 0.3 is 0 Å². The lowest BCUT2D eigenvalue weighted by molar-refractivity contribution is 0.315. The van der Waals surface area contributed by atoms with E-state index in [1.807, 2.05) is 12.1 Å². The Kier molecular flexibility index (Phi) is 5.60. The van der Waals surface area contributed by atoms with Gasteiger partial charge < -0.3 is 10.1 Å². The van der Waals surface area contributed by atoms with E-state index in [1.165, 1.54) is 0 Å². The highest BCUT2D eigenvalue weighted by atomic mass is 16.5. The van der Waals surface area contributed by atoms with E-state index in [1.54, 1.807) is 13.3 Å². The molecule has 18 heavy (non-hydrogen) atoms. The van der Waals surface area contributed by atoms with Crippen molar-refractivity contribution in [3.8, 4) is 11.9 Å². The number of nitrogens with one attached hydrogen (secondary N) is 1. The lowest BCUT2D eigenvalue weighted by atomic mass is 9.88. The molecule has 1 aromatic heterocycles. The first-order valence-corrected chi connectivity index (χ1v) is 6.14. The van der Waals surface area contributed by atoms with Crippen LogP contribution in [0.25, 0.3) is 0 Å². The smallest absolute Gasteiger partial charge is 0.217 e. The second-order valence-corrected chi connectivity index (χ2v) is 5.10. The third-order valence-corrected chi connectivity index (χ3v) is 2.88. The quantitative estimate of drug-likeness (QED) is 0.804. The lowest BCUT2D eigenvalue weighted by Gasteiger charge is -2.24. The highest BCUT2D eigenvalue weighted by Gasteiger charge is 2.17. The SMILES string of the molecule is COc1ncccc1CNCC(C)(C)CCC#N. The van der Waals surface area contributed by atoms with Gasteiger partial charge in [0.05, 0.1) is 13.2 Å². The van der Waals surface area contributed by atoms with Crippen LogP contribution in [0.2, 0.25) is 0 Å². The van der Waals surface area contributed by atoms with Crippen LogP contribution in [0.3, 0.4) is 0 Å². The van der Waals surface area contributed by atoms with Crippen molar-refractivity contribution >= 4 is 0 Å². The molecule has 4 nitrogen and oxygen atoms in total. The molecule has 0 radical (unpaired) electrons. The molecule has 1 heterocycles. The molecule has 1 rings (SSSR count). The van der Waals surface area contributed by atoms with E-state index >= 15 is 0 Å². The molecule has 98 valence electrons. The number of nitriles is 1. The predicted octanol–water partition coefficient (Wildman–Crippen LogP) is 2.51. The van der Waals surface area contributed by atoms with Crippen LogP contribution in [0.4, 0.5) is 0 Å². The molecule has 0 saturated heterocycles. The van der Waals surface area contributed by atoms with Crippen molar-refractivity contribution in [2.24, 2.45) is 5.41 Å². The molecule has 4 heteroatoms. The Bertz CT molecular complexity index is 410. The van der Waals surface area contributed by atoms with Crippen molar-refractivity contribution in [3.05, 3.63) is 23.9 Å². The van der Waals surface area contributed by atoms with Gasteiger partial charge in [0.2, 0.25) is 5.88 Å². The Morgan fingerprint density at radius 1 is 1.50 bits per heavy atom. The monoisotopic (exact) mass is 247 g/mol. The summed E-state index contributed by atoms with van der Waals surface area (Å²) in [6.07, 6.45) is 3.23. The largest absolute Gasteiger partial charge is 0.481 e. The van der Waals surface area contributed by atoms with Gasteiger partial charge in [-0.1, -0.05) is 19.9 Å². The van der Waals surface area contributed by atoms with Crippen LogP contribution < -0.4 is 10.1 Å². The summed E-state index contributed by atoms with van der Waals surface area (Å²) >= 11 is 0. The number of ether oxygens (including phenoxy) is 1. The van der Waals surface area contributed by atoms with Gasteiger partial charge in [-0.15, -0.1) is 0 Å². The minimum absolute atomic E-state index is 0.130. The molecule has 0 atom stereocenters. The Hall–Kier alpha value is -1.60. The predicted molar refractivity (Wildman–Crippen MR) is 71.1 cm³/mol. The zero-order valence-electron chi connectivity index (χ0n) is 11.4. The summed E-state index contributed by atoms with van der Waals surface area (Å²) in [6.45, 7) is 5.93. The first-order chi connectivity index (χ1) is 8.59. The fraction of sp³-hybridized carbons (Fsp3) is 0.571. The molecule has 0 spiro atoms. The maximum atomic E-state index is 8.61. The molecule has 0 aromatic carbocycles. The second-order valence-electron chi connectivity index (χ2n) is 5.10. The average Bonchev–Trinajstić information content (AvgIpc) is 2.37. The highest BCUT2D eigenvalue weighted by molar-refractivity contribution is 5.24. The minimum atomic E-state index is 0.130. The van der Waals surface area contributed by atoms with Crippen molar-refractivity contribution in [3.63, 3.8) is 0 Å². The van der Waals surface area contributed by atoms with Gasteiger partial charge in [-0.2, -0.15) is 5.26 Å². The zero-order valence-corrected chi connectivity index (χ0v) is 11.4. The van der Waals surface area contributed by atoms with Crippen molar-refractivity contribution in [1.82, 2.24) is 10.3 Å². The first-order valence-electron chi connectivity index (χ1n) is 6.14. The summed E-state index contributed by atoms with van der Waals surface area (Å²) in [5.74, 6) is 0.667. The van der Waals surface area contributed by atoms with Crippen LogP contribution in [0.1, 0.15) is 32.3 Å². The fourth-order valence-corrected chi connectivity index (χ4v) is 1.76. The Balaban J connectivity index is 2.44. The number of methoxy groups -OCH3 is 1. The number of pyridine rings is 1. The normalized spacial score (nSPS) is 11.0. The Morgan fingerprint density at radius 2 is 2.28 bits per heavy atom. The summed E-state index contributed by atoms with van der Waals surface area (Å²) in [6, 6.07) is 6.10. The molecular formula is C14H21N3O. The second kappa shape index (κ2) is 6.97. The van der Waals surface area contributed by atoms with E-state index in [0.717, 1.165) is 25.1 Å². The van der Waals surface area contributed by atoms with Gasteiger partial charge in [0.25, 0.3) is 0 Å². The molecule has 1 N–H and O–H groups in total. The van der Waals surface area contributed by atoms with Crippen LogP contribution in [-0.4, -0.2) is 18.6 Å². The van der Waals surface area contributed by atoms with E-state index in [9.17, 15) is 0 Å². The van der Waals surface area contributed by atoms with Gasteiger partial charge in [-0.25, -0.2) is 4.98 Å². The van der Waals surface area contributed by atoms with Gasteiger partial charge in [0.1, 0.15) is 0 Å². The van der Waals surface area contributed by atoms with Gasteiger partial charge in [0.15, 0.2) is 0 Å². The molecule has 0 fully saturated rings. The van der Waals surface area contributed by atoms with Gasteiger partial charge in [-0.3, -0.25) is 0 Å². The Morgan fingerprint density at radius 3 is 2.94 bits per heavy atom. The molecule has 0 saturated carbocycles. The van der Waals surface area contributed by atoms with E-state index < -0.39 is 0 Å². The van der Waals surface area contributed by atoms with E-state index in [0.29, 0.717) is 12.3 Å². The van der Waals surface area contributed by atoms with Crippen LogP contribution in [0.15, 0.2) is 18.3 Å². The number of rotatable bonds is 7. The molecule has 0 amide bonds. The summed E-state index contributed by atoms with van der Waals surface area (Å²) < 4.78 is 5.20. The maximum absolute atomic E-state index is 8.61. The van der Waals surface area contributed by atoms with Gasteiger partial charge in [0, 0.05) is 31.3 Å². The maximum Gasteiger partial charge on any atom is 0.217 e. The highest BCUT2D eigenvalue weighted by Crippen LogP contribution is 2.21. The van der Waals surface area contributed by atoms with E-state index in [-0.39, 0.29) is 5.41 Å². The number of hydrogen-bond donors (Lipinski definition) is 1. The van der Waals surface area contributed by atoms with Crippen molar-refractivity contribution in [2.75, 3.05) is 13.7 Å². The molecule has 0 aliphatic heterocycles. The third kappa shape index (κ3) is 4.72. The standard InChI is InChI=1S/C14H21N3O/c1-14(2,7-5-8-15)11-16-10-12-6-4-9-17-13(12)18-3/h4,6,9,16H,5,7,10-11H2,1-3H3. The third-order valence-electron chi connectivity index (χ3n) is 2.88. The Labute approximate surface area is 109 Å². The summed E-state index contributed by atoms with van der Waals surface area (Å²) in [5.41, 5.74) is 1.18. The molecule has 0 unspecified atom stereocenters. The van der Waals surface area contributed by atoms with Crippen molar-refractivity contribution in [1.29, 1.82) is 5.26 Å². The summed E-state index contributed by atoms with van der Waals surface area (Å²) in [4.78, 5) is 4.16. The van der Waals surface area contributed by atoms with E-state index in [2.05, 4.69) is 30.2 Å². The van der Waals surface area contributed by atoms with Crippen LogP contribution in [0.5, 0.6) is 5.88 Å². The fourth-order valence-electron chi connectivity index (χ4n) is 1.76. The first kappa shape index (κ1) is 14.5. The molecule has 0 bridgehead atoms. The minimum Gasteiger partial charge on any atom is -0.481 e.